The molecule has 2 N–H and O–H groups in total. The minimum atomic E-state index is -0.924. The molecule has 0 amide bonds. The zero-order valence-corrected chi connectivity index (χ0v) is 12.6. The van der Waals surface area contributed by atoms with Gasteiger partial charge in [0.05, 0.1) is 12.9 Å². The van der Waals surface area contributed by atoms with Crippen LogP contribution in [0.4, 0.5) is 5.82 Å². The summed E-state index contributed by atoms with van der Waals surface area (Å²) in [6.07, 6.45) is 0.164. The van der Waals surface area contributed by atoms with Crippen LogP contribution in [0.1, 0.15) is 6.23 Å². The first-order valence-corrected chi connectivity index (χ1v) is 6.90. The second-order valence-electron chi connectivity index (χ2n) is 5.35. The molecule has 0 radical (unpaired) electrons. The molecule has 4 atom stereocenters. The van der Waals surface area contributed by atoms with Crippen molar-refractivity contribution in [3.8, 4) is 0 Å². The van der Waals surface area contributed by atoms with E-state index in [1.807, 2.05) is 19.0 Å². The van der Waals surface area contributed by atoms with Crippen LogP contribution in [-0.4, -0.2) is 75.9 Å². The molecule has 9 nitrogen and oxygen atoms in total. The fourth-order valence-corrected chi connectivity index (χ4v) is 2.70. The van der Waals surface area contributed by atoms with Gasteiger partial charge in [-0.2, -0.15) is 0 Å². The van der Waals surface area contributed by atoms with Gasteiger partial charge in [-0.3, -0.25) is 4.57 Å². The summed E-state index contributed by atoms with van der Waals surface area (Å²) in [6, 6.07) is 0. The lowest BCUT2D eigenvalue weighted by Gasteiger charge is -2.20. The first kappa shape index (κ1) is 15.1. The Hall–Kier alpha value is -1.81. The first-order valence-electron chi connectivity index (χ1n) is 6.90. The van der Waals surface area contributed by atoms with Gasteiger partial charge in [0, 0.05) is 21.2 Å². The Morgan fingerprint density at radius 1 is 1.36 bits per heavy atom. The van der Waals surface area contributed by atoms with Crippen LogP contribution in [0.3, 0.4) is 0 Å². The minimum Gasteiger partial charge on any atom is -0.394 e. The maximum atomic E-state index is 10.1. The SMILES string of the molecule is CO[C@H]1C(O)[C@@H](CO)O[C@H]1n1cnc2c(N(C)C)ncnc21. The summed E-state index contributed by atoms with van der Waals surface area (Å²) in [5, 5.41) is 19.4. The maximum absolute atomic E-state index is 10.1. The van der Waals surface area contributed by atoms with Crippen molar-refractivity contribution < 1.29 is 19.7 Å². The molecule has 1 unspecified atom stereocenters. The van der Waals surface area contributed by atoms with E-state index in [1.54, 1.807) is 10.9 Å². The van der Waals surface area contributed by atoms with Gasteiger partial charge in [0.15, 0.2) is 23.2 Å². The van der Waals surface area contributed by atoms with Crippen LogP contribution in [0.5, 0.6) is 0 Å². The Kier molecular flexibility index (Phi) is 3.96. The monoisotopic (exact) mass is 309 g/mol. The molecule has 1 fully saturated rings. The number of nitrogens with zero attached hydrogens (tertiary/aromatic N) is 5. The maximum Gasteiger partial charge on any atom is 0.167 e. The van der Waals surface area contributed by atoms with Gasteiger partial charge >= 0.3 is 0 Å². The number of ether oxygens (including phenoxy) is 2. The number of methoxy groups -OCH3 is 1. The van der Waals surface area contributed by atoms with E-state index >= 15 is 0 Å². The number of aliphatic hydroxyl groups excluding tert-OH is 2. The smallest absolute Gasteiger partial charge is 0.167 e. The highest BCUT2D eigenvalue weighted by molar-refractivity contribution is 5.83. The van der Waals surface area contributed by atoms with E-state index in [9.17, 15) is 10.2 Å². The molecule has 3 heterocycles. The summed E-state index contributed by atoms with van der Waals surface area (Å²) in [5.74, 6) is 0.690. The molecule has 120 valence electrons. The lowest BCUT2D eigenvalue weighted by Crippen LogP contribution is -2.34. The molecule has 0 aromatic carbocycles. The third kappa shape index (κ3) is 2.22. The van der Waals surface area contributed by atoms with Gasteiger partial charge in [-0.1, -0.05) is 0 Å². The standard InChI is InChI=1S/C13H19N5O4/c1-17(2)11-8-12(15-5-14-11)18(6-16-8)13-10(21-3)9(20)7(4-19)22-13/h5-7,9-10,13,19-20H,4H2,1-3H3/t7-,9?,10+,13-/m1/s1. The van der Waals surface area contributed by atoms with Crippen molar-refractivity contribution >= 4 is 17.0 Å². The van der Waals surface area contributed by atoms with Crippen molar-refractivity contribution in [1.82, 2.24) is 19.5 Å². The second-order valence-corrected chi connectivity index (χ2v) is 5.35. The normalized spacial score (nSPS) is 28.4. The number of aliphatic hydroxyl groups is 2. The lowest BCUT2D eigenvalue weighted by molar-refractivity contribution is -0.0583. The Bertz CT molecular complexity index is 661. The Morgan fingerprint density at radius 2 is 2.14 bits per heavy atom. The largest absolute Gasteiger partial charge is 0.394 e. The minimum absolute atomic E-state index is 0.290. The number of imidazole rings is 1. The molecule has 0 bridgehead atoms. The fraction of sp³-hybridized carbons (Fsp3) is 0.615. The summed E-state index contributed by atoms with van der Waals surface area (Å²) in [6.45, 7) is -0.290. The average Bonchev–Trinajstić information content (AvgIpc) is 3.07. The van der Waals surface area contributed by atoms with Gasteiger partial charge in [0.1, 0.15) is 24.6 Å². The highest BCUT2D eigenvalue weighted by atomic mass is 16.6. The number of rotatable bonds is 4. The Balaban J connectivity index is 2.05. The first-order chi connectivity index (χ1) is 10.6. The highest BCUT2D eigenvalue weighted by Gasteiger charge is 2.45. The summed E-state index contributed by atoms with van der Waals surface area (Å²) in [7, 11) is 5.23. The summed E-state index contributed by atoms with van der Waals surface area (Å²) >= 11 is 0. The zero-order valence-electron chi connectivity index (χ0n) is 12.6. The molecular weight excluding hydrogens is 290 g/mol. The molecule has 9 heteroatoms. The number of anilines is 1. The quantitative estimate of drug-likeness (QED) is 0.753. The third-order valence-corrected chi connectivity index (χ3v) is 3.80. The molecule has 2 aromatic rings. The van der Waals surface area contributed by atoms with Crippen LogP contribution in [0, 0.1) is 0 Å². The predicted octanol–water partition coefficient (Wildman–Crippen LogP) is -0.842. The van der Waals surface area contributed by atoms with E-state index in [0.29, 0.717) is 17.0 Å². The number of hydrogen-bond donors (Lipinski definition) is 2. The summed E-state index contributed by atoms with van der Waals surface area (Å²) in [4.78, 5) is 14.7. The predicted molar refractivity (Wildman–Crippen MR) is 77.4 cm³/mol. The molecule has 0 saturated carbocycles. The third-order valence-electron chi connectivity index (χ3n) is 3.80. The van der Waals surface area contributed by atoms with Crippen LogP contribution in [0.15, 0.2) is 12.7 Å². The van der Waals surface area contributed by atoms with Crippen LogP contribution in [-0.2, 0) is 9.47 Å². The van der Waals surface area contributed by atoms with E-state index in [-0.39, 0.29) is 6.61 Å². The van der Waals surface area contributed by atoms with Crippen LogP contribution >= 0.6 is 0 Å². The van der Waals surface area contributed by atoms with Gasteiger partial charge in [-0.05, 0) is 0 Å². The van der Waals surface area contributed by atoms with Crippen molar-refractivity contribution in [3.63, 3.8) is 0 Å². The van der Waals surface area contributed by atoms with Gasteiger partial charge in [0.25, 0.3) is 0 Å². The van der Waals surface area contributed by atoms with Crippen molar-refractivity contribution in [1.29, 1.82) is 0 Å². The molecule has 1 aliphatic heterocycles. The lowest BCUT2D eigenvalue weighted by atomic mass is 10.1. The molecule has 0 aliphatic carbocycles. The van der Waals surface area contributed by atoms with Gasteiger partial charge in [-0.15, -0.1) is 0 Å². The molecule has 22 heavy (non-hydrogen) atoms. The second kappa shape index (κ2) is 5.76. The van der Waals surface area contributed by atoms with Gasteiger partial charge in [-0.25, -0.2) is 15.0 Å². The molecule has 1 saturated heterocycles. The van der Waals surface area contributed by atoms with E-state index < -0.39 is 24.5 Å². The molecular formula is C13H19N5O4. The van der Waals surface area contributed by atoms with Crippen molar-refractivity contribution in [3.05, 3.63) is 12.7 Å². The molecule has 3 rings (SSSR count). The molecule has 1 aliphatic rings. The molecule has 0 spiro atoms. The number of hydrogen-bond acceptors (Lipinski definition) is 8. The summed E-state index contributed by atoms with van der Waals surface area (Å²) in [5.41, 5.74) is 1.21. The van der Waals surface area contributed by atoms with Crippen molar-refractivity contribution in [2.45, 2.75) is 24.5 Å². The highest BCUT2D eigenvalue weighted by Crippen LogP contribution is 2.33. The zero-order chi connectivity index (χ0) is 15.9. The molecule has 2 aromatic heterocycles. The van der Waals surface area contributed by atoms with E-state index in [1.165, 1.54) is 13.4 Å². The van der Waals surface area contributed by atoms with Crippen LogP contribution in [0.2, 0.25) is 0 Å². The van der Waals surface area contributed by atoms with E-state index in [2.05, 4.69) is 15.0 Å². The fourth-order valence-electron chi connectivity index (χ4n) is 2.70. The Morgan fingerprint density at radius 3 is 2.77 bits per heavy atom. The van der Waals surface area contributed by atoms with Crippen molar-refractivity contribution in [2.75, 3.05) is 32.7 Å². The van der Waals surface area contributed by atoms with E-state index in [4.69, 9.17) is 9.47 Å². The van der Waals surface area contributed by atoms with Crippen LogP contribution < -0.4 is 4.90 Å². The van der Waals surface area contributed by atoms with E-state index in [0.717, 1.165) is 0 Å². The van der Waals surface area contributed by atoms with Crippen molar-refractivity contribution in [2.24, 2.45) is 0 Å². The number of fused-ring (bicyclic) bond motifs is 1. The van der Waals surface area contributed by atoms with Crippen LogP contribution in [0.25, 0.3) is 11.2 Å². The topological polar surface area (TPSA) is 106 Å². The van der Waals surface area contributed by atoms with Gasteiger partial charge < -0.3 is 24.6 Å². The Labute approximate surface area is 127 Å². The summed E-state index contributed by atoms with van der Waals surface area (Å²) < 4.78 is 12.7. The number of aromatic nitrogens is 4. The van der Waals surface area contributed by atoms with Gasteiger partial charge in [0.2, 0.25) is 0 Å². The average molecular weight is 309 g/mol.